The molecular weight excluding hydrogens is 489 g/mol. The van der Waals surface area contributed by atoms with Crippen LogP contribution in [-0.2, 0) is 10.3 Å². The number of benzene rings is 3. The largest absolute Gasteiger partial charge is 0.634 e. The Kier molecular flexibility index (Phi) is 9.13. The van der Waals surface area contributed by atoms with E-state index in [1.807, 2.05) is 75.4 Å². The van der Waals surface area contributed by atoms with Crippen LogP contribution in [0.15, 0.2) is 54.6 Å². The molecule has 3 rings (SSSR count). The molecule has 0 radical (unpaired) electrons. The second-order valence-corrected chi connectivity index (χ2v) is 10.0. The standard InChI is InChI=1S/C27H30BCl3O3/c1-5-6-7-23(20-11-8-17(2)24(29)14-20)27(34-28(32)33,21-12-9-18(3)25(30)15-21)22-13-10-19(4)26(31)16-22/h8-16,23,32-33H,5-7H2,1-4H3. The first-order chi connectivity index (χ1) is 16.1. The summed E-state index contributed by atoms with van der Waals surface area (Å²) in [6.45, 7) is 7.92. The summed E-state index contributed by atoms with van der Waals surface area (Å²) < 4.78 is 6.13. The maximum atomic E-state index is 10.2. The van der Waals surface area contributed by atoms with Crippen molar-refractivity contribution < 1.29 is 14.7 Å². The van der Waals surface area contributed by atoms with Crippen LogP contribution in [0.1, 0.15) is 65.5 Å². The summed E-state index contributed by atoms with van der Waals surface area (Å²) in [4.78, 5) is 0. The minimum atomic E-state index is -2.04. The molecule has 0 saturated carbocycles. The summed E-state index contributed by atoms with van der Waals surface area (Å²) in [5.41, 5.74) is 3.83. The van der Waals surface area contributed by atoms with E-state index in [9.17, 15) is 10.0 Å². The fourth-order valence-corrected chi connectivity index (χ4v) is 4.99. The Bertz CT molecular complexity index is 1100. The summed E-state index contributed by atoms with van der Waals surface area (Å²) in [7, 11) is -2.04. The quantitative estimate of drug-likeness (QED) is 0.284. The maximum Gasteiger partial charge on any atom is 0.634 e. The van der Waals surface area contributed by atoms with Gasteiger partial charge in [-0.15, -0.1) is 0 Å². The van der Waals surface area contributed by atoms with E-state index in [-0.39, 0.29) is 5.92 Å². The van der Waals surface area contributed by atoms with Gasteiger partial charge in [-0.1, -0.05) is 91.0 Å². The number of hydrogen-bond acceptors (Lipinski definition) is 3. The molecule has 0 spiro atoms. The van der Waals surface area contributed by atoms with Crippen LogP contribution in [0.4, 0.5) is 0 Å². The molecule has 7 heteroatoms. The van der Waals surface area contributed by atoms with Crippen molar-refractivity contribution in [3.8, 4) is 0 Å². The zero-order valence-corrected chi connectivity index (χ0v) is 22.2. The van der Waals surface area contributed by atoms with Crippen molar-refractivity contribution in [2.45, 2.75) is 58.5 Å². The second-order valence-electron chi connectivity index (χ2n) is 8.81. The van der Waals surface area contributed by atoms with Gasteiger partial charge in [0, 0.05) is 21.0 Å². The zero-order chi connectivity index (χ0) is 25.0. The molecule has 2 N–H and O–H groups in total. The van der Waals surface area contributed by atoms with Crippen molar-refractivity contribution in [3.63, 3.8) is 0 Å². The maximum absolute atomic E-state index is 10.2. The lowest BCUT2D eigenvalue weighted by Gasteiger charge is -2.43. The first-order valence-corrected chi connectivity index (χ1v) is 12.6. The molecule has 0 aliphatic heterocycles. The number of hydrogen-bond donors (Lipinski definition) is 2. The third-order valence-electron chi connectivity index (χ3n) is 6.43. The van der Waals surface area contributed by atoms with Crippen LogP contribution in [0, 0.1) is 20.8 Å². The van der Waals surface area contributed by atoms with Gasteiger partial charge in [-0.2, -0.15) is 0 Å². The van der Waals surface area contributed by atoms with E-state index >= 15 is 0 Å². The normalized spacial score (nSPS) is 12.6. The molecule has 3 aromatic carbocycles. The Balaban J connectivity index is 2.42. The van der Waals surface area contributed by atoms with E-state index in [4.69, 9.17) is 39.5 Å². The smallest absolute Gasteiger partial charge is 0.402 e. The van der Waals surface area contributed by atoms with E-state index in [2.05, 4.69) is 6.92 Å². The van der Waals surface area contributed by atoms with Gasteiger partial charge in [-0.3, -0.25) is 0 Å². The predicted molar refractivity (Wildman–Crippen MR) is 143 cm³/mol. The third-order valence-corrected chi connectivity index (χ3v) is 7.65. The van der Waals surface area contributed by atoms with E-state index in [0.29, 0.717) is 32.6 Å². The molecule has 3 nitrogen and oxygen atoms in total. The molecule has 1 unspecified atom stereocenters. The summed E-state index contributed by atoms with van der Waals surface area (Å²) in [6, 6.07) is 17.3. The SMILES string of the molecule is CCCCC(c1ccc(C)c(Cl)c1)C(OB(O)O)(c1ccc(C)c(Cl)c1)c1ccc(C)c(Cl)c1. The van der Waals surface area contributed by atoms with Crippen molar-refractivity contribution in [1.29, 1.82) is 0 Å². The minimum Gasteiger partial charge on any atom is -0.402 e. The Morgan fingerprint density at radius 3 is 1.68 bits per heavy atom. The molecule has 3 aromatic rings. The fraction of sp³-hybridized carbons (Fsp3) is 0.333. The molecule has 0 heterocycles. The fourth-order valence-electron chi connectivity index (χ4n) is 4.44. The van der Waals surface area contributed by atoms with Gasteiger partial charge in [0.2, 0.25) is 0 Å². The van der Waals surface area contributed by atoms with Gasteiger partial charge in [0.05, 0.1) is 0 Å². The van der Waals surface area contributed by atoms with Crippen LogP contribution >= 0.6 is 34.8 Å². The molecule has 180 valence electrons. The third kappa shape index (κ3) is 5.65. The summed E-state index contributed by atoms with van der Waals surface area (Å²) in [5.74, 6) is -0.315. The van der Waals surface area contributed by atoms with E-state index in [1.165, 1.54) is 0 Å². The van der Waals surface area contributed by atoms with Crippen molar-refractivity contribution in [2.75, 3.05) is 0 Å². The van der Waals surface area contributed by atoms with E-state index < -0.39 is 12.9 Å². The first-order valence-electron chi connectivity index (χ1n) is 11.4. The Morgan fingerprint density at radius 1 is 0.794 bits per heavy atom. The molecule has 1 atom stereocenters. The van der Waals surface area contributed by atoms with Crippen LogP contribution in [0.2, 0.25) is 15.1 Å². The molecule has 0 aliphatic carbocycles. The van der Waals surface area contributed by atoms with Crippen LogP contribution < -0.4 is 0 Å². The Labute approximate surface area is 217 Å². The molecular formula is C27H30BCl3O3. The van der Waals surface area contributed by atoms with Gasteiger partial charge in [-0.25, -0.2) is 0 Å². The lowest BCUT2D eigenvalue weighted by Crippen LogP contribution is -2.43. The van der Waals surface area contributed by atoms with Crippen LogP contribution in [0.5, 0.6) is 0 Å². The van der Waals surface area contributed by atoms with Gasteiger partial charge in [0.1, 0.15) is 5.60 Å². The zero-order valence-electron chi connectivity index (χ0n) is 19.9. The highest BCUT2D eigenvalue weighted by atomic mass is 35.5. The second kappa shape index (κ2) is 11.5. The van der Waals surface area contributed by atoms with Gasteiger partial charge in [0.15, 0.2) is 0 Å². The minimum absolute atomic E-state index is 0.315. The van der Waals surface area contributed by atoms with E-state index in [1.54, 1.807) is 0 Å². The average Bonchev–Trinajstić information content (AvgIpc) is 2.78. The summed E-state index contributed by atoms with van der Waals surface area (Å²) in [6.07, 6.45) is 2.55. The molecule has 0 fully saturated rings. The predicted octanol–water partition coefficient (Wildman–Crippen LogP) is 7.78. The van der Waals surface area contributed by atoms with Gasteiger partial charge in [-0.05, 0) is 78.8 Å². The molecule has 0 amide bonds. The van der Waals surface area contributed by atoms with Crippen molar-refractivity contribution in [1.82, 2.24) is 0 Å². The lowest BCUT2D eigenvalue weighted by atomic mass is 9.69. The van der Waals surface area contributed by atoms with Gasteiger partial charge in [0.25, 0.3) is 0 Å². The number of unbranched alkanes of at least 4 members (excludes halogenated alkanes) is 1. The number of aryl methyl sites for hydroxylation is 3. The number of rotatable bonds is 9. The highest BCUT2D eigenvalue weighted by Gasteiger charge is 2.46. The van der Waals surface area contributed by atoms with Crippen molar-refractivity contribution in [3.05, 3.63) is 103 Å². The topological polar surface area (TPSA) is 49.7 Å². The summed E-state index contributed by atoms with van der Waals surface area (Å²) in [5, 5.41) is 22.2. The molecule has 0 aliphatic rings. The molecule has 0 aromatic heterocycles. The van der Waals surface area contributed by atoms with Crippen LogP contribution in [-0.4, -0.2) is 17.4 Å². The van der Waals surface area contributed by atoms with Crippen LogP contribution in [0.3, 0.4) is 0 Å². The highest BCUT2D eigenvalue weighted by molar-refractivity contribution is 6.33. The monoisotopic (exact) mass is 518 g/mol. The average molecular weight is 520 g/mol. The van der Waals surface area contributed by atoms with Gasteiger partial charge < -0.3 is 14.7 Å². The molecule has 34 heavy (non-hydrogen) atoms. The summed E-state index contributed by atoms with van der Waals surface area (Å²) >= 11 is 19.7. The Morgan fingerprint density at radius 2 is 1.26 bits per heavy atom. The molecule has 0 saturated heterocycles. The van der Waals surface area contributed by atoms with E-state index in [0.717, 1.165) is 35.1 Å². The number of halogens is 3. The Hall–Kier alpha value is -1.53. The highest BCUT2D eigenvalue weighted by Crippen LogP contribution is 2.50. The van der Waals surface area contributed by atoms with Crippen molar-refractivity contribution >= 4 is 42.1 Å². The lowest BCUT2D eigenvalue weighted by molar-refractivity contribution is 0.0223. The molecule has 0 bridgehead atoms. The van der Waals surface area contributed by atoms with Gasteiger partial charge >= 0.3 is 7.32 Å². The van der Waals surface area contributed by atoms with Crippen LogP contribution in [0.25, 0.3) is 0 Å². The first kappa shape index (κ1) is 27.1. The van der Waals surface area contributed by atoms with Crippen molar-refractivity contribution in [2.24, 2.45) is 0 Å².